The number of phenols is 2. The van der Waals surface area contributed by atoms with Crippen molar-refractivity contribution in [2.45, 2.75) is 112 Å². The number of aliphatic hydroxyl groups is 1. The molecule has 5 heteroatoms. The number of hydrogen-bond donors (Lipinski definition) is 3. The summed E-state index contributed by atoms with van der Waals surface area (Å²) in [4.78, 5) is 13.0. The van der Waals surface area contributed by atoms with Crippen LogP contribution in [0, 0.1) is 56.7 Å². The fourth-order valence-electron chi connectivity index (χ4n) is 12.7. The molecule has 10 atom stereocenters. The molecule has 0 radical (unpaired) electrons. The zero-order valence-corrected chi connectivity index (χ0v) is 28.0. The number of allylic oxidation sites excluding steroid dienone is 1. The van der Waals surface area contributed by atoms with Gasteiger partial charge in [0.2, 0.25) is 0 Å². The zero-order chi connectivity index (χ0) is 31.9. The van der Waals surface area contributed by atoms with Crippen LogP contribution < -0.4 is 0 Å². The first kappa shape index (κ1) is 31.7. The van der Waals surface area contributed by atoms with Gasteiger partial charge in [-0.1, -0.05) is 52.8 Å². The Hall–Kier alpha value is -2.27. The molecule has 0 spiro atoms. The topological polar surface area (TPSA) is 87.0 Å². The van der Waals surface area contributed by atoms with Crippen LogP contribution in [0.4, 0.5) is 0 Å². The van der Waals surface area contributed by atoms with Gasteiger partial charge in [-0.05, 0) is 146 Å². The van der Waals surface area contributed by atoms with Crippen molar-refractivity contribution in [2.24, 2.45) is 56.7 Å². The molecular formula is C39H56O5. The number of carbonyl (C=O) groups is 1. The van der Waals surface area contributed by atoms with E-state index in [9.17, 15) is 20.1 Å². The van der Waals surface area contributed by atoms with Crippen LogP contribution in [0.25, 0.3) is 6.08 Å². The predicted octanol–water partition coefficient (Wildman–Crippen LogP) is 8.67. The van der Waals surface area contributed by atoms with E-state index in [4.69, 9.17) is 4.74 Å². The van der Waals surface area contributed by atoms with Gasteiger partial charge in [0, 0.05) is 18.1 Å². The lowest BCUT2D eigenvalue weighted by atomic mass is 9.32. The first-order valence-corrected chi connectivity index (χ1v) is 17.3. The van der Waals surface area contributed by atoms with Crippen LogP contribution in [0.5, 0.6) is 11.5 Å². The number of hydrogen-bond acceptors (Lipinski definition) is 5. The summed E-state index contributed by atoms with van der Waals surface area (Å²) in [6.07, 6.45) is 14.5. The van der Waals surface area contributed by atoms with E-state index in [1.54, 1.807) is 12.1 Å². The van der Waals surface area contributed by atoms with E-state index in [1.807, 2.05) is 0 Å². The maximum Gasteiger partial charge on any atom is 0.331 e. The standard InChI is InChI=1S/C39H56O5/c1-24(2)26-14-19-39(23-40)21-20-37(6)27(34(26)39)10-12-31-36(5)17-16-32(35(3,4)30(36)15-18-38(31,37)7)44-33(43)13-9-25-8-11-28(41)29(42)22-25/h8-9,11,13,22,26-27,30-32,34,40-42H,1,10,12,14-21,23H2,2-7H3/t26-,27-,30-,31+,32-,34+,36-,37+,38+,39+/m0/s1. The van der Waals surface area contributed by atoms with Crippen LogP contribution in [0.1, 0.15) is 111 Å². The first-order chi connectivity index (χ1) is 20.6. The van der Waals surface area contributed by atoms with Crippen molar-refractivity contribution in [1.82, 2.24) is 0 Å². The summed E-state index contributed by atoms with van der Waals surface area (Å²) in [5, 5.41) is 30.2. The van der Waals surface area contributed by atoms with E-state index in [1.165, 1.54) is 55.9 Å². The second-order valence-corrected chi connectivity index (χ2v) is 17.1. The fourth-order valence-corrected chi connectivity index (χ4v) is 12.7. The summed E-state index contributed by atoms with van der Waals surface area (Å²) in [7, 11) is 0. The van der Waals surface area contributed by atoms with E-state index < -0.39 is 0 Å². The van der Waals surface area contributed by atoms with E-state index in [0.29, 0.717) is 41.8 Å². The number of aliphatic hydroxyl groups excluding tert-OH is 1. The van der Waals surface area contributed by atoms with Gasteiger partial charge in [-0.15, -0.1) is 0 Å². The first-order valence-electron chi connectivity index (χ1n) is 17.3. The molecule has 6 rings (SSSR count). The van der Waals surface area contributed by atoms with Crippen molar-refractivity contribution in [3.63, 3.8) is 0 Å². The van der Waals surface area contributed by atoms with Crippen LogP contribution in [-0.2, 0) is 9.53 Å². The normalized spacial score (nSPS) is 44.2. The Bertz CT molecular complexity index is 1350. The van der Waals surface area contributed by atoms with Crippen LogP contribution in [0.15, 0.2) is 36.4 Å². The second kappa shape index (κ2) is 10.6. The van der Waals surface area contributed by atoms with Crippen LogP contribution in [0.3, 0.4) is 0 Å². The van der Waals surface area contributed by atoms with Crippen LogP contribution in [0.2, 0.25) is 0 Å². The molecule has 0 saturated heterocycles. The average Bonchev–Trinajstić information content (AvgIpc) is 3.36. The van der Waals surface area contributed by atoms with E-state index in [2.05, 4.69) is 48.1 Å². The summed E-state index contributed by atoms with van der Waals surface area (Å²) in [6.45, 7) is 19.5. The lowest BCUT2D eigenvalue weighted by Gasteiger charge is -2.73. The average molecular weight is 605 g/mol. The number of benzene rings is 1. The molecule has 5 saturated carbocycles. The molecule has 0 bridgehead atoms. The van der Waals surface area contributed by atoms with Gasteiger partial charge in [-0.2, -0.15) is 0 Å². The molecule has 0 unspecified atom stereocenters. The third kappa shape index (κ3) is 4.45. The highest BCUT2D eigenvalue weighted by atomic mass is 16.5. The van der Waals surface area contributed by atoms with Crippen molar-refractivity contribution in [3.8, 4) is 11.5 Å². The minimum absolute atomic E-state index is 0.0825. The maximum atomic E-state index is 13.0. The molecule has 0 aliphatic heterocycles. The highest BCUT2D eigenvalue weighted by Crippen LogP contribution is 2.77. The molecule has 3 N–H and O–H groups in total. The predicted molar refractivity (Wildman–Crippen MR) is 175 cm³/mol. The Kier molecular flexibility index (Phi) is 7.67. The van der Waals surface area contributed by atoms with Crippen molar-refractivity contribution >= 4 is 12.0 Å². The van der Waals surface area contributed by atoms with E-state index in [0.717, 1.165) is 32.1 Å². The highest BCUT2D eigenvalue weighted by Gasteiger charge is 2.71. The van der Waals surface area contributed by atoms with Crippen molar-refractivity contribution in [3.05, 3.63) is 42.0 Å². The SMILES string of the molecule is C=C(C)[C@@H]1CC[C@]2(CO)CC[C@]3(C)[C@@H](CC[C@@H]4[C@@]5(C)CC[C@H](OC(=O)C=Cc6ccc(O)c(O)c6)C(C)(C)[C@@H]5CC[C@]43C)[C@@H]12. The molecule has 0 aromatic heterocycles. The number of carbonyl (C=O) groups excluding carboxylic acids is 1. The molecule has 1 aromatic carbocycles. The van der Waals surface area contributed by atoms with Gasteiger partial charge in [0.1, 0.15) is 6.10 Å². The Balaban J connectivity index is 1.22. The Morgan fingerprint density at radius 2 is 1.66 bits per heavy atom. The lowest BCUT2D eigenvalue weighted by molar-refractivity contribution is -0.251. The minimum Gasteiger partial charge on any atom is -0.504 e. The van der Waals surface area contributed by atoms with Gasteiger partial charge in [0.05, 0.1) is 0 Å². The minimum atomic E-state index is -0.355. The quantitative estimate of drug-likeness (QED) is 0.135. The van der Waals surface area contributed by atoms with E-state index in [-0.39, 0.29) is 50.6 Å². The van der Waals surface area contributed by atoms with Gasteiger partial charge >= 0.3 is 5.97 Å². The van der Waals surface area contributed by atoms with Gasteiger partial charge in [-0.25, -0.2) is 4.79 Å². The Morgan fingerprint density at radius 1 is 0.909 bits per heavy atom. The third-order valence-electron chi connectivity index (χ3n) is 15.2. The number of esters is 1. The largest absolute Gasteiger partial charge is 0.504 e. The van der Waals surface area contributed by atoms with E-state index >= 15 is 0 Å². The monoisotopic (exact) mass is 604 g/mol. The second-order valence-electron chi connectivity index (χ2n) is 17.1. The van der Waals surface area contributed by atoms with Gasteiger partial charge in [0.25, 0.3) is 0 Å². The summed E-state index contributed by atoms with van der Waals surface area (Å²) in [5.74, 6) is 2.10. The molecule has 5 aliphatic carbocycles. The lowest BCUT2D eigenvalue weighted by Crippen LogP contribution is -2.67. The molecule has 1 aromatic rings. The third-order valence-corrected chi connectivity index (χ3v) is 15.2. The smallest absolute Gasteiger partial charge is 0.331 e. The van der Waals surface area contributed by atoms with Gasteiger partial charge in [-0.3, -0.25) is 0 Å². The van der Waals surface area contributed by atoms with Gasteiger partial charge < -0.3 is 20.1 Å². The number of phenolic OH excluding ortho intramolecular Hbond substituents is 2. The van der Waals surface area contributed by atoms with Crippen LogP contribution in [-0.4, -0.2) is 34.0 Å². The van der Waals surface area contributed by atoms with Gasteiger partial charge in [0.15, 0.2) is 11.5 Å². The van der Waals surface area contributed by atoms with Crippen LogP contribution >= 0.6 is 0 Å². The molecule has 0 heterocycles. The molecular weight excluding hydrogens is 548 g/mol. The summed E-state index contributed by atoms with van der Waals surface area (Å²) >= 11 is 0. The number of rotatable bonds is 5. The summed E-state index contributed by atoms with van der Waals surface area (Å²) in [5.41, 5.74) is 2.61. The zero-order valence-electron chi connectivity index (χ0n) is 28.0. The summed E-state index contributed by atoms with van der Waals surface area (Å²) < 4.78 is 6.18. The molecule has 5 fully saturated rings. The molecule has 5 aliphatic rings. The highest BCUT2D eigenvalue weighted by molar-refractivity contribution is 5.87. The Morgan fingerprint density at radius 3 is 2.34 bits per heavy atom. The molecule has 44 heavy (non-hydrogen) atoms. The van der Waals surface area contributed by atoms with Crippen molar-refractivity contribution < 1.29 is 24.9 Å². The molecule has 242 valence electrons. The maximum absolute atomic E-state index is 13.0. The van der Waals surface area contributed by atoms with Crippen molar-refractivity contribution in [2.75, 3.05) is 6.61 Å². The van der Waals surface area contributed by atoms with Crippen molar-refractivity contribution in [1.29, 1.82) is 0 Å². The molecule has 0 amide bonds. The molecule has 5 nitrogen and oxygen atoms in total. The number of aromatic hydroxyl groups is 2. The number of fused-ring (bicyclic) bond motifs is 7. The number of ether oxygens (including phenoxy) is 1. The Labute approximate surface area is 265 Å². The summed E-state index contributed by atoms with van der Waals surface area (Å²) in [6, 6.07) is 4.51. The fraction of sp³-hybridized carbons (Fsp3) is 0.718.